The maximum absolute atomic E-state index is 10.7. The van der Waals surface area contributed by atoms with Gasteiger partial charge in [-0.1, -0.05) is 61.6 Å². The molecule has 31 heavy (non-hydrogen) atoms. The van der Waals surface area contributed by atoms with Crippen LogP contribution in [0.1, 0.15) is 44.1 Å². The zero-order valence-corrected chi connectivity index (χ0v) is 18.3. The Morgan fingerprint density at radius 3 is 2.81 bits per heavy atom. The fourth-order valence-electron chi connectivity index (χ4n) is 3.98. The molecule has 1 aromatic rings. The summed E-state index contributed by atoms with van der Waals surface area (Å²) in [5, 5.41) is 14.1. The molecule has 0 amide bonds. The van der Waals surface area contributed by atoms with Crippen LogP contribution >= 0.6 is 0 Å². The number of rotatable bonds is 8. The highest BCUT2D eigenvalue weighted by Gasteiger charge is 2.27. The minimum atomic E-state index is -0.389. The Morgan fingerprint density at radius 1 is 1.16 bits per heavy atom. The van der Waals surface area contributed by atoms with Crippen molar-refractivity contribution in [3.05, 3.63) is 102 Å². The van der Waals surface area contributed by atoms with Crippen molar-refractivity contribution in [1.29, 1.82) is 0 Å². The largest absolute Gasteiger partial charge is 0.489 e. The van der Waals surface area contributed by atoms with Gasteiger partial charge in [-0.3, -0.25) is 0 Å². The molecule has 164 valence electrons. The molecule has 0 radical (unpaired) electrons. The molecule has 0 aliphatic heterocycles. The van der Waals surface area contributed by atoms with Gasteiger partial charge in [0.2, 0.25) is 0 Å². The second-order valence-electron chi connectivity index (χ2n) is 8.11. The van der Waals surface area contributed by atoms with Crippen LogP contribution in [-0.2, 0) is 0 Å². The lowest BCUT2D eigenvalue weighted by Crippen LogP contribution is -2.17. The molecule has 3 unspecified atom stereocenters. The van der Waals surface area contributed by atoms with E-state index in [2.05, 4.69) is 48.7 Å². The highest BCUT2D eigenvalue weighted by Crippen LogP contribution is 2.38. The van der Waals surface area contributed by atoms with Crippen molar-refractivity contribution in [1.82, 2.24) is 5.32 Å². The first-order valence-electron chi connectivity index (χ1n) is 11.1. The zero-order chi connectivity index (χ0) is 21.9. The Morgan fingerprint density at radius 2 is 2.00 bits per heavy atom. The molecule has 4 N–H and O–H groups in total. The van der Waals surface area contributed by atoms with Crippen molar-refractivity contribution in [2.24, 2.45) is 11.7 Å². The maximum atomic E-state index is 10.7. The summed E-state index contributed by atoms with van der Waals surface area (Å²) in [4.78, 5) is 0. The van der Waals surface area contributed by atoms with Crippen molar-refractivity contribution in [2.75, 3.05) is 6.61 Å². The van der Waals surface area contributed by atoms with Crippen LogP contribution in [0, 0.1) is 5.92 Å². The van der Waals surface area contributed by atoms with Crippen LogP contribution in [0.15, 0.2) is 96.5 Å². The van der Waals surface area contributed by atoms with Gasteiger partial charge in [0.25, 0.3) is 0 Å². The average Bonchev–Trinajstić information content (AvgIpc) is 2.93. The predicted molar refractivity (Wildman–Crippen MR) is 128 cm³/mol. The first-order valence-corrected chi connectivity index (χ1v) is 11.1. The summed E-state index contributed by atoms with van der Waals surface area (Å²) in [5.41, 5.74) is 8.82. The van der Waals surface area contributed by atoms with Gasteiger partial charge in [-0.05, 0) is 67.2 Å². The van der Waals surface area contributed by atoms with Gasteiger partial charge in [0.15, 0.2) is 0 Å². The van der Waals surface area contributed by atoms with Crippen LogP contribution in [0.5, 0.6) is 5.75 Å². The van der Waals surface area contributed by atoms with Crippen molar-refractivity contribution < 1.29 is 9.84 Å². The summed E-state index contributed by atoms with van der Waals surface area (Å²) in [7, 11) is 0. The number of benzene rings is 1. The smallest absolute Gasteiger partial charge is 0.123 e. The molecule has 0 aromatic heterocycles. The summed E-state index contributed by atoms with van der Waals surface area (Å²) in [5.74, 6) is 1.16. The van der Waals surface area contributed by atoms with Crippen LogP contribution in [-0.4, -0.2) is 17.8 Å². The lowest BCUT2D eigenvalue weighted by Gasteiger charge is -2.23. The van der Waals surface area contributed by atoms with Gasteiger partial charge in [0.1, 0.15) is 12.4 Å². The third kappa shape index (κ3) is 7.04. The number of hydrogen-bond donors (Lipinski definition) is 3. The Balaban J connectivity index is 1.72. The monoisotopic (exact) mass is 418 g/mol. The Bertz CT molecular complexity index is 892. The lowest BCUT2D eigenvalue weighted by atomic mass is 9.88. The number of para-hydroxylation sites is 1. The third-order valence-corrected chi connectivity index (χ3v) is 5.70. The van der Waals surface area contributed by atoms with Crippen LogP contribution in [0.4, 0.5) is 0 Å². The zero-order valence-electron chi connectivity index (χ0n) is 18.3. The topological polar surface area (TPSA) is 67.5 Å². The van der Waals surface area contributed by atoms with Gasteiger partial charge in [0.05, 0.1) is 6.10 Å². The molecule has 3 rings (SSSR count). The maximum Gasteiger partial charge on any atom is 0.123 e. The van der Waals surface area contributed by atoms with E-state index >= 15 is 0 Å². The molecule has 0 heterocycles. The van der Waals surface area contributed by atoms with Gasteiger partial charge in [0, 0.05) is 17.8 Å². The first kappa shape index (κ1) is 22.7. The molecule has 1 aromatic carbocycles. The minimum absolute atomic E-state index is 0.0854. The van der Waals surface area contributed by atoms with Gasteiger partial charge in [-0.2, -0.15) is 0 Å². The van der Waals surface area contributed by atoms with Gasteiger partial charge < -0.3 is 20.9 Å². The van der Waals surface area contributed by atoms with Crippen LogP contribution in [0.2, 0.25) is 0 Å². The van der Waals surface area contributed by atoms with E-state index in [4.69, 9.17) is 10.5 Å². The van der Waals surface area contributed by atoms with E-state index in [0.717, 1.165) is 36.3 Å². The number of nitrogens with one attached hydrogen (secondary N) is 1. The summed E-state index contributed by atoms with van der Waals surface area (Å²) in [6, 6.07) is 8.23. The molecule has 0 saturated heterocycles. The van der Waals surface area contributed by atoms with E-state index < -0.39 is 0 Å². The molecule has 0 fully saturated rings. The molecule has 3 atom stereocenters. The van der Waals surface area contributed by atoms with E-state index in [-0.39, 0.29) is 17.9 Å². The van der Waals surface area contributed by atoms with E-state index in [0.29, 0.717) is 13.0 Å². The second kappa shape index (κ2) is 12.0. The van der Waals surface area contributed by atoms with Crippen molar-refractivity contribution >= 4 is 0 Å². The number of ether oxygens (including phenoxy) is 1. The standard InChI is InChI=1S/C27H34N2O2/c1-21-17-24(29-16-10-3-2-9-15-28)18-23(19-26(21)30)25-13-7-8-14-27(25)31-20-22-11-5-4-6-12-22/h2-3,5,7-17,21,23,26,29-30H,4,6,18-20,28H2,1H3/b3-2-,15-9+,16-10+. The molecule has 0 saturated carbocycles. The van der Waals surface area contributed by atoms with E-state index in [1.54, 1.807) is 6.08 Å². The normalized spacial score (nSPS) is 24.4. The third-order valence-electron chi connectivity index (χ3n) is 5.70. The van der Waals surface area contributed by atoms with E-state index in [1.165, 1.54) is 11.8 Å². The summed E-state index contributed by atoms with van der Waals surface area (Å²) < 4.78 is 6.22. The Kier molecular flexibility index (Phi) is 8.80. The van der Waals surface area contributed by atoms with Gasteiger partial charge in [-0.15, -0.1) is 0 Å². The second-order valence-corrected chi connectivity index (χ2v) is 8.11. The van der Waals surface area contributed by atoms with Crippen LogP contribution < -0.4 is 15.8 Å². The molecule has 0 bridgehead atoms. The fourth-order valence-corrected chi connectivity index (χ4v) is 3.98. The molecular weight excluding hydrogens is 384 g/mol. The average molecular weight is 419 g/mol. The SMILES string of the molecule is CC1C=C(N/C=C/C=C\C=C\N)CC(c2ccccc2OCC2=CCCC=C2)CC1O. The number of aliphatic hydroxyl groups excluding tert-OH is 1. The summed E-state index contributed by atoms with van der Waals surface area (Å²) in [6.07, 6.45) is 23.0. The van der Waals surface area contributed by atoms with Crippen molar-refractivity contribution in [2.45, 2.75) is 44.6 Å². The highest BCUT2D eigenvalue weighted by molar-refractivity contribution is 5.38. The van der Waals surface area contributed by atoms with E-state index in [1.807, 2.05) is 36.6 Å². The predicted octanol–water partition coefficient (Wildman–Crippen LogP) is 5.23. The Labute approximate surface area is 186 Å². The van der Waals surface area contributed by atoms with Crippen LogP contribution in [0.3, 0.4) is 0 Å². The van der Waals surface area contributed by atoms with Crippen molar-refractivity contribution in [3.63, 3.8) is 0 Å². The Hall–Kier alpha value is -2.98. The molecule has 4 heteroatoms. The highest BCUT2D eigenvalue weighted by atomic mass is 16.5. The lowest BCUT2D eigenvalue weighted by molar-refractivity contribution is 0.122. The first-order chi connectivity index (χ1) is 15.2. The molecule has 2 aliphatic rings. The number of nitrogens with two attached hydrogens (primary N) is 1. The quantitative estimate of drug-likeness (QED) is 0.506. The van der Waals surface area contributed by atoms with Gasteiger partial charge >= 0.3 is 0 Å². The number of aliphatic hydroxyl groups is 1. The minimum Gasteiger partial charge on any atom is -0.489 e. The summed E-state index contributed by atoms with van der Waals surface area (Å²) >= 11 is 0. The summed E-state index contributed by atoms with van der Waals surface area (Å²) in [6.45, 7) is 2.64. The van der Waals surface area contributed by atoms with Crippen LogP contribution in [0.25, 0.3) is 0 Å². The molecule has 0 spiro atoms. The fraction of sp³-hybridized carbons (Fsp3) is 0.333. The number of hydrogen-bond acceptors (Lipinski definition) is 4. The molecule has 2 aliphatic carbocycles. The van der Waals surface area contributed by atoms with Gasteiger partial charge in [-0.25, -0.2) is 0 Å². The molecule has 4 nitrogen and oxygen atoms in total. The molecular formula is C27H34N2O2. The van der Waals surface area contributed by atoms with E-state index in [9.17, 15) is 5.11 Å². The number of allylic oxidation sites excluding steroid dienone is 7. The van der Waals surface area contributed by atoms with Crippen molar-refractivity contribution in [3.8, 4) is 5.75 Å².